The molecule has 0 fully saturated rings. The van der Waals surface area contributed by atoms with Gasteiger partial charge in [-0.05, 0) is 13.3 Å². The van der Waals surface area contributed by atoms with Crippen molar-refractivity contribution in [3.8, 4) is 0 Å². The van der Waals surface area contributed by atoms with Crippen molar-refractivity contribution in [2.75, 3.05) is 14.2 Å². The quantitative estimate of drug-likeness (QED) is 0.456. The Hall–Kier alpha value is 0.137. The van der Waals surface area contributed by atoms with E-state index in [1.807, 2.05) is 0 Å². The first-order valence-corrected chi connectivity index (χ1v) is 6.66. The molecule has 0 radical (unpaired) electrons. The van der Waals surface area contributed by atoms with Gasteiger partial charge in [0.25, 0.3) is 0 Å². The van der Waals surface area contributed by atoms with Crippen molar-refractivity contribution in [1.82, 2.24) is 0 Å². The van der Waals surface area contributed by atoms with Crippen LogP contribution in [0.5, 0.6) is 0 Å². The Labute approximate surface area is 91.8 Å². The molecule has 0 aromatic carbocycles. The fourth-order valence-corrected chi connectivity index (χ4v) is 2.16. The van der Waals surface area contributed by atoms with Crippen LogP contribution >= 0.6 is 0 Å². The molecule has 0 bridgehead atoms. The first-order chi connectivity index (χ1) is 6.58. The Balaban J connectivity index is 3.79. The van der Waals surface area contributed by atoms with Crippen molar-refractivity contribution in [1.29, 1.82) is 0 Å². The molecule has 0 saturated heterocycles. The second-order valence-electron chi connectivity index (χ2n) is 4.38. The molecule has 2 unspecified atom stereocenters. The van der Waals surface area contributed by atoms with Crippen molar-refractivity contribution in [3.05, 3.63) is 0 Å². The van der Waals surface area contributed by atoms with Gasteiger partial charge in [0.05, 0.1) is 11.3 Å². The van der Waals surface area contributed by atoms with Gasteiger partial charge >= 0.3 is 0 Å². The SMILES string of the molecule is CCCCCCC(OC)C(C)([SiH3])OC. The molecule has 0 aromatic heterocycles. The Morgan fingerprint density at radius 1 is 1.21 bits per heavy atom. The van der Waals surface area contributed by atoms with Gasteiger partial charge in [-0.2, -0.15) is 0 Å². The molecule has 0 aliphatic heterocycles. The highest BCUT2D eigenvalue weighted by molar-refractivity contribution is 6.14. The lowest BCUT2D eigenvalue weighted by Gasteiger charge is -2.32. The molecule has 0 rings (SSSR count). The van der Waals surface area contributed by atoms with E-state index in [1.54, 1.807) is 14.2 Å². The van der Waals surface area contributed by atoms with E-state index in [9.17, 15) is 0 Å². The van der Waals surface area contributed by atoms with E-state index in [0.29, 0.717) is 0 Å². The molecule has 0 aromatic rings. The summed E-state index contributed by atoms with van der Waals surface area (Å²) >= 11 is 0. The van der Waals surface area contributed by atoms with Crippen LogP contribution < -0.4 is 0 Å². The summed E-state index contributed by atoms with van der Waals surface area (Å²) in [5.74, 6) is 0. The normalized spacial score (nSPS) is 18.0. The Morgan fingerprint density at radius 2 is 1.86 bits per heavy atom. The minimum absolute atomic E-state index is 0.0268. The molecule has 0 aliphatic rings. The van der Waals surface area contributed by atoms with E-state index >= 15 is 0 Å². The molecule has 86 valence electrons. The van der Waals surface area contributed by atoms with Crippen LogP contribution in [-0.4, -0.2) is 35.8 Å². The molecule has 14 heavy (non-hydrogen) atoms. The van der Waals surface area contributed by atoms with Crippen molar-refractivity contribution in [2.45, 2.75) is 57.3 Å². The van der Waals surface area contributed by atoms with Gasteiger partial charge in [-0.15, -0.1) is 0 Å². The molecule has 2 nitrogen and oxygen atoms in total. The van der Waals surface area contributed by atoms with Gasteiger partial charge in [0, 0.05) is 24.5 Å². The first-order valence-electron chi connectivity index (χ1n) is 5.66. The maximum Gasteiger partial charge on any atom is 0.0817 e. The molecule has 0 saturated carbocycles. The lowest BCUT2D eigenvalue weighted by Crippen LogP contribution is -2.43. The molecular weight excluding hydrogens is 192 g/mol. The maximum absolute atomic E-state index is 5.50. The molecule has 3 heteroatoms. The molecule has 2 atom stereocenters. The zero-order valence-corrected chi connectivity index (χ0v) is 12.4. The number of ether oxygens (including phenoxy) is 2. The summed E-state index contributed by atoms with van der Waals surface area (Å²) in [6, 6.07) is 0. The van der Waals surface area contributed by atoms with Crippen molar-refractivity contribution in [2.24, 2.45) is 0 Å². The van der Waals surface area contributed by atoms with Crippen LogP contribution in [0.15, 0.2) is 0 Å². The number of methoxy groups -OCH3 is 2. The highest BCUT2D eigenvalue weighted by atomic mass is 28.1. The van der Waals surface area contributed by atoms with E-state index in [0.717, 1.165) is 16.7 Å². The van der Waals surface area contributed by atoms with Crippen molar-refractivity contribution < 1.29 is 9.47 Å². The van der Waals surface area contributed by atoms with Gasteiger partial charge in [-0.25, -0.2) is 0 Å². The average molecular weight is 218 g/mol. The van der Waals surface area contributed by atoms with E-state index in [4.69, 9.17) is 9.47 Å². The van der Waals surface area contributed by atoms with Gasteiger partial charge in [0.2, 0.25) is 0 Å². The number of hydrogen-bond acceptors (Lipinski definition) is 2. The predicted molar refractivity (Wildman–Crippen MR) is 64.9 cm³/mol. The van der Waals surface area contributed by atoms with Crippen LogP contribution in [-0.2, 0) is 9.47 Å². The molecular formula is C11H26O2Si. The van der Waals surface area contributed by atoms with Crippen LogP contribution in [0.25, 0.3) is 0 Å². The summed E-state index contributed by atoms with van der Waals surface area (Å²) < 4.78 is 11.0. The van der Waals surface area contributed by atoms with Crippen LogP contribution in [0.3, 0.4) is 0 Å². The molecule has 0 amide bonds. The Kier molecular flexibility index (Phi) is 7.50. The van der Waals surface area contributed by atoms with E-state index in [-0.39, 0.29) is 11.3 Å². The van der Waals surface area contributed by atoms with E-state index < -0.39 is 0 Å². The Morgan fingerprint density at radius 3 is 2.29 bits per heavy atom. The predicted octanol–water partition coefficient (Wildman–Crippen LogP) is 1.70. The second-order valence-corrected chi connectivity index (χ2v) is 6.37. The average Bonchev–Trinajstić information content (AvgIpc) is 2.17. The third kappa shape index (κ3) is 5.13. The largest absolute Gasteiger partial charge is 0.380 e. The zero-order chi connectivity index (χ0) is 11.0. The molecule has 0 heterocycles. The van der Waals surface area contributed by atoms with Gasteiger partial charge in [-0.3, -0.25) is 0 Å². The van der Waals surface area contributed by atoms with Gasteiger partial charge in [-0.1, -0.05) is 32.6 Å². The topological polar surface area (TPSA) is 18.5 Å². The van der Waals surface area contributed by atoms with Crippen molar-refractivity contribution >= 4 is 10.2 Å². The summed E-state index contributed by atoms with van der Waals surface area (Å²) in [4.78, 5) is 0. The van der Waals surface area contributed by atoms with Gasteiger partial charge in [0.15, 0.2) is 0 Å². The van der Waals surface area contributed by atoms with Crippen LogP contribution in [0.2, 0.25) is 0 Å². The summed E-state index contributed by atoms with van der Waals surface area (Å²) in [6.45, 7) is 4.38. The minimum Gasteiger partial charge on any atom is -0.380 e. The van der Waals surface area contributed by atoms with Gasteiger partial charge in [0.1, 0.15) is 0 Å². The lowest BCUT2D eigenvalue weighted by molar-refractivity contribution is -0.0583. The second kappa shape index (κ2) is 7.43. The van der Waals surface area contributed by atoms with Crippen molar-refractivity contribution in [3.63, 3.8) is 0 Å². The number of hydrogen-bond donors (Lipinski definition) is 0. The third-order valence-electron chi connectivity index (χ3n) is 2.91. The zero-order valence-electron chi connectivity index (χ0n) is 10.4. The highest BCUT2D eigenvalue weighted by Crippen LogP contribution is 2.19. The van der Waals surface area contributed by atoms with Crippen LogP contribution in [0, 0.1) is 0 Å². The van der Waals surface area contributed by atoms with E-state index in [1.165, 1.54) is 25.7 Å². The van der Waals surface area contributed by atoms with Crippen LogP contribution in [0.4, 0.5) is 0 Å². The van der Waals surface area contributed by atoms with Gasteiger partial charge < -0.3 is 9.47 Å². The lowest BCUT2D eigenvalue weighted by atomic mass is 10.1. The first kappa shape index (κ1) is 14.1. The summed E-state index contributed by atoms with van der Waals surface area (Å²) in [7, 11) is 4.59. The number of unbranched alkanes of at least 4 members (excludes halogenated alkanes) is 3. The molecule has 0 N–H and O–H groups in total. The Bertz CT molecular complexity index is 137. The fourth-order valence-electron chi connectivity index (χ4n) is 1.64. The smallest absolute Gasteiger partial charge is 0.0817 e. The maximum atomic E-state index is 5.50. The van der Waals surface area contributed by atoms with E-state index in [2.05, 4.69) is 13.8 Å². The highest BCUT2D eigenvalue weighted by Gasteiger charge is 2.28. The fraction of sp³-hybridized carbons (Fsp3) is 1.00. The minimum atomic E-state index is -0.0268. The number of rotatable bonds is 8. The monoisotopic (exact) mass is 218 g/mol. The standard InChI is InChI=1S/C11H26O2Si/c1-5-6-7-8-9-10(12-3)11(2,14)13-4/h10H,5-9H2,1-4,14H3. The summed E-state index contributed by atoms with van der Waals surface area (Å²) in [5, 5.41) is -0.0268. The molecule has 0 aliphatic carbocycles. The summed E-state index contributed by atoms with van der Waals surface area (Å²) in [5.41, 5.74) is 0. The molecule has 0 spiro atoms. The summed E-state index contributed by atoms with van der Waals surface area (Å²) in [6.07, 6.45) is 6.60. The third-order valence-corrected chi connectivity index (χ3v) is 3.96. The van der Waals surface area contributed by atoms with Crippen LogP contribution in [0.1, 0.15) is 46.0 Å².